The summed E-state index contributed by atoms with van der Waals surface area (Å²) >= 11 is 0. The fraction of sp³-hybridized carbons (Fsp3) is 0. The van der Waals surface area contributed by atoms with E-state index in [-0.39, 0.29) is 0 Å². The van der Waals surface area contributed by atoms with Crippen LogP contribution in [0.25, 0.3) is 138 Å². The van der Waals surface area contributed by atoms with E-state index in [4.69, 9.17) is 23.8 Å². The molecule has 302 valence electrons. The fourth-order valence-electron chi connectivity index (χ4n) is 10.0. The minimum atomic E-state index is 0.554. The first kappa shape index (κ1) is 35.7. The molecule has 6 nitrogen and oxygen atoms in total. The van der Waals surface area contributed by atoms with Gasteiger partial charge in [0.15, 0.2) is 17.5 Å². The first-order chi connectivity index (χ1) is 32.2. The van der Waals surface area contributed by atoms with E-state index in [1.54, 1.807) is 0 Å². The van der Waals surface area contributed by atoms with Crippen LogP contribution >= 0.6 is 0 Å². The van der Waals surface area contributed by atoms with Gasteiger partial charge in [-0.05, 0) is 99.4 Å². The molecule has 4 aromatic heterocycles. The number of aromatic nitrogens is 4. The molecular formula is C59H34N4O2. The van der Waals surface area contributed by atoms with Crippen molar-refractivity contribution in [3.8, 4) is 51.0 Å². The van der Waals surface area contributed by atoms with E-state index >= 15 is 0 Å². The molecule has 10 aromatic carbocycles. The molecule has 0 unspecified atom stereocenters. The zero-order valence-corrected chi connectivity index (χ0v) is 34.7. The topological polar surface area (TPSA) is 69.9 Å². The Morgan fingerprint density at radius 2 is 0.969 bits per heavy atom. The van der Waals surface area contributed by atoms with Crippen LogP contribution < -0.4 is 0 Å². The van der Waals surface area contributed by atoms with Crippen LogP contribution in [0.15, 0.2) is 215 Å². The maximum atomic E-state index is 6.68. The van der Waals surface area contributed by atoms with Crippen LogP contribution in [0, 0.1) is 0 Å². The van der Waals surface area contributed by atoms with E-state index in [9.17, 15) is 0 Å². The number of hydrogen-bond acceptors (Lipinski definition) is 5. The standard InChI is InChI=1S/C59H34N4O2/c1-2-14-36(15-3-1)57-60-58(39-25-28-44-43-20-9-11-23-51(43)64-54(44)33-39)62-59(61-57)46-29-27-40(63-49-22-10-8-19-42(49)48-31-37-16-4-5-17-38(37)32-50(48)63)34-47(46)45-21-12-24-52-56(45)55-41-18-7-6-13-35(41)26-30-53(55)65-52/h1-34H. The first-order valence-electron chi connectivity index (χ1n) is 21.8. The third kappa shape index (κ3) is 5.51. The van der Waals surface area contributed by atoms with E-state index < -0.39 is 0 Å². The van der Waals surface area contributed by atoms with Crippen molar-refractivity contribution in [3.63, 3.8) is 0 Å². The average Bonchev–Trinajstić information content (AvgIpc) is 4.05. The van der Waals surface area contributed by atoms with Crippen LogP contribution in [0.5, 0.6) is 0 Å². The summed E-state index contributed by atoms with van der Waals surface area (Å²) in [7, 11) is 0. The molecule has 0 radical (unpaired) electrons. The molecule has 0 saturated carbocycles. The molecule has 0 atom stereocenters. The minimum absolute atomic E-state index is 0.554. The first-order valence-corrected chi connectivity index (χ1v) is 21.8. The number of nitrogens with zero attached hydrogens (tertiary/aromatic N) is 4. The van der Waals surface area contributed by atoms with Crippen molar-refractivity contribution in [2.45, 2.75) is 0 Å². The Balaban J connectivity index is 1.07. The number of para-hydroxylation sites is 2. The van der Waals surface area contributed by atoms with Gasteiger partial charge in [-0.1, -0.05) is 140 Å². The number of fused-ring (bicyclic) bond motifs is 12. The molecule has 14 rings (SSSR count). The molecule has 4 heterocycles. The summed E-state index contributed by atoms with van der Waals surface area (Å²) in [6.07, 6.45) is 0. The second-order valence-corrected chi connectivity index (χ2v) is 16.7. The van der Waals surface area contributed by atoms with Gasteiger partial charge in [0, 0.05) is 54.7 Å². The van der Waals surface area contributed by atoms with Gasteiger partial charge in [0.1, 0.15) is 22.3 Å². The zero-order valence-electron chi connectivity index (χ0n) is 34.7. The third-order valence-corrected chi connectivity index (χ3v) is 13.0. The van der Waals surface area contributed by atoms with Crippen molar-refractivity contribution in [3.05, 3.63) is 206 Å². The van der Waals surface area contributed by atoms with Gasteiger partial charge in [-0.25, -0.2) is 15.0 Å². The number of benzene rings is 10. The van der Waals surface area contributed by atoms with Crippen molar-refractivity contribution in [1.82, 2.24) is 19.5 Å². The number of rotatable bonds is 5. The Morgan fingerprint density at radius 1 is 0.308 bits per heavy atom. The van der Waals surface area contributed by atoms with Crippen LogP contribution in [0.4, 0.5) is 0 Å². The third-order valence-electron chi connectivity index (χ3n) is 13.0. The Morgan fingerprint density at radius 3 is 1.85 bits per heavy atom. The monoisotopic (exact) mass is 830 g/mol. The smallest absolute Gasteiger partial charge is 0.164 e. The average molecular weight is 831 g/mol. The van der Waals surface area contributed by atoms with E-state index in [0.717, 1.165) is 99.2 Å². The Hall–Kier alpha value is -8.87. The highest BCUT2D eigenvalue weighted by Gasteiger charge is 2.23. The molecule has 0 aliphatic heterocycles. The van der Waals surface area contributed by atoms with E-state index in [0.29, 0.717) is 17.5 Å². The maximum absolute atomic E-state index is 6.68. The van der Waals surface area contributed by atoms with E-state index in [1.165, 1.54) is 21.5 Å². The molecule has 0 fully saturated rings. The number of furan rings is 2. The molecule has 0 amide bonds. The lowest BCUT2D eigenvalue weighted by Gasteiger charge is -2.16. The maximum Gasteiger partial charge on any atom is 0.164 e. The Bertz CT molecular complexity index is 4250. The van der Waals surface area contributed by atoms with Gasteiger partial charge in [0.25, 0.3) is 0 Å². The highest BCUT2D eigenvalue weighted by molar-refractivity contribution is 6.23. The second-order valence-electron chi connectivity index (χ2n) is 16.7. The summed E-state index contributed by atoms with van der Waals surface area (Å²) in [6, 6.07) is 72.2. The normalized spacial score (nSPS) is 12.0. The summed E-state index contributed by atoms with van der Waals surface area (Å²) in [5.74, 6) is 1.69. The van der Waals surface area contributed by atoms with Crippen LogP contribution in [-0.2, 0) is 0 Å². The summed E-state index contributed by atoms with van der Waals surface area (Å²) in [5.41, 5.74) is 11.2. The lowest BCUT2D eigenvalue weighted by molar-refractivity contribution is 0.668. The van der Waals surface area contributed by atoms with Crippen molar-refractivity contribution < 1.29 is 8.83 Å². The quantitative estimate of drug-likeness (QED) is 0.173. The van der Waals surface area contributed by atoms with Crippen LogP contribution in [0.3, 0.4) is 0 Å². The molecule has 0 aliphatic carbocycles. The molecule has 0 bridgehead atoms. The lowest BCUT2D eigenvalue weighted by Crippen LogP contribution is -2.02. The SMILES string of the molecule is c1ccc(-c2nc(-c3ccc4c(c3)oc3ccccc34)nc(-c3ccc(-n4c5ccccc5c5cc6ccccc6cc54)cc3-c3cccc4oc5ccc6ccccc6c5c34)n2)cc1. The summed E-state index contributed by atoms with van der Waals surface area (Å²) < 4.78 is 15.4. The fourth-order valence-corrected chi connectivity index (χ4v) is 10.0. The van der Waals surface area contributed by atoms with Gasteiger partial charge in [0.05, 0.1) is 11.0 Å². The van der Waals surface area contributed by atoms with Crippen molar-refractivity contribution >= 4 is 87.2 Å². The van der Waals surface area contributed by atoms with Gasteiger partial charge < -0.3 is 13.4 Å². The van der Waals surface area contributed by atoms with Crippen LogP contribution in [0.1, 0.15) is 0 Å². The molecular weight excluding hydrogens is 797 g/mol. The highest BCUT2D eigenvalue weighted by Crippen LogP contribution is 2.45. The lowest BCUT2D eigenvalue weighted by atomic mass is 9.93. The predicted octanol–water partition coefficient (Wildman–Crippen LogP) is 15.7. The molecule has 6 heteroatoms. The van der Waals surface area contributed by atoms with Gasteiger partial charge in [0.2, 0.25) is 0 Å². The molecule has 65 heavy (non-hydrogen) atoms. The zero-order chi connectivity index (χ0) is 42.6. The van der Waals surface area contributed by atoms with Crippen LogP contribution in [0.2, 0.25) is 0 Å². The molecule has 14 aromatic rings. The molecule has 0 spiro atoms. The van der Waals surface area contributed by atoms with Crippen molar-refractivity contribution in [2.75, 3.05) is 0 Å². The van der Waals surface area contributed by atoms with Crippen molar-refractivity contribution in [1.29, 1.82) is 0 Å². The van der Waals surface area contributed by atoms with Crippen LogP contribution in [-0.4, -0.2) is 19.5 Å². The highest BCUT2D eigenvalue weighted by atomic mass is 16.3. The van der Waals surface area contributed by atoms with Crippen molar-refractivity contribution in [2.24, 2.45) is 0 Å². The Labute approximate surface area is 371 Å². The largest absolute Gasteiger partial charge is 0.456 e. The summed E-state index contributed by atoms with van der Waals surface area (Å²) in [6.45, 7) is 0. The molecule has 0 aliphatic rings. The molecule has 0 N–H and O–H groups in total. The minimum Gasteiger partial charge on any atom is -0.456 e. The predicted molar refractivity (Wildman–Crippen MR) is 265 cm³/mol. The Kier molecular flexibility index (Phi) is 7.59. The van der Waals surface area contributed by atoms with E-state index in [2.05, 4.69) is 156 Å². The molecule has 0 saturated heterocycles. The summed E-state index contributed by atoms with van der Waals surface area (Å²) in [5, 5.41) is 11.3. The summed E-state index contributed by atoms with van der Waals surface area (Å²) in [4.78, 5) is 15.8. The second kappa shape index (κ2) is 13.8. The van der Waals surface area contributed by atoms with Gasteiger partial charge in [-0.3, -0.25) is 0 Å². The van der Waals surface area contributed by atoms with E-state index in [1.807, 2.05) is 54.6 Å². The number of hydrogen-bond donors (Lipinski definition) is 0. The van der Waals surface area contributed by atoms with Gasteiger partial charge >= 0.3 is 0 Å². The van der Waals surface area contributed by atoms with Gasteiger partial charge in [-0.2, -0.15) is 0 Å². The van der Waals surface area contributed by atoms with Gasteiger partial charge in [-0.15, -0.1) is 0 Å².